The summed E-state index contributed by atoms with van der Waals surface area (Å²) in [5.74, 6) is -1.30. The number of amides is 3. The van der Waals surface area contributed by atoms with Gasteiger partial charge < -0.3 is 9.47 Å². The molecule has 0 radical (unpaired) electrons. The molecule has 7 nitrogen and oxygen atoms in total. The van der Waals surface area contributed by atoms with Gasteiger partial charge in [-0.1, -0.05) is 19.4 Å². The van der Waals surface area contributed by atoms with E-state index in [2.05, 4.69) is 4.98 Å². The Morgan fingerprint density at radius 3 is 2.46 bits per heavy atom. The average molecular weight is 513 g/mol. The fraction of sp³-hybridized carbons (Fsp3) is 0.308. The van der Waals surface area contributed by atoms with Gasteiger partial charge in [0.2, 0.25) is 0 Å². The van der Waals surface area contributed by atoms with Crippen LogP contribution in [0, 0.1) is 17.1 Å². The molecule has 3 aromatic rings. The molecule has 1 aromatic heterocycles. The van der Waals surface area contributed by atoms with Crippen molar-refractivity contribution in [1.29, 1.82) is 5.26 Å². The zero-order valence-electron chi connectivity index (χ0n) is 20.3. The first-order chi connectivity index (χ1) is 17.4. The van der Waals surface area contributed by atoms with Crippen LogP contribution in [0.3, 0.4) is 0 Å². The molecular formula is C26H23F4N5O2. The van der Waals surface area contributed by atoms with E-state index < -0.39 is 40.6 Å². The summed E-state index contributed by atoms with van der Waals surface area (Å²) in [5.41, 5.74) is -2.11. The van der Waals surface area contributed by atoms with Crippen LogP contribution in [0.1, 0.15) is 49.6 Å². The quantitative estimate of drug-likeness (QED) is 0.317. The number of nitriles is 1. The van der Waals surface area contributed by atoms with E-state index in [1.54, 1.807) is 16.8 Å². The summed E-state index contributed by atoms with van der Waals surface area (Å²) in [7, 11) is 0. The van der Waals surface area contributed by atoms with Gasteiger partial charge >= 0.3 is 12.2 Å². The maximum atomic E-state index is 15.0. The zero-order chi connectivity index (χ0) is 27.1. The van der Waals surface area contributed by atoms with Gasteiger partial charge in [0.1, 0.15) is 11.4 Å². The number of imide groups is 1. The van der Waals surface area contributed by atoms with Crippen molar-refractivity contribution >= 4 is 17.6 Å². The Bertz CT molecular complexity index is 1420. The molecular weight excluding hydrogens is 490 g/mol. The van der Waals surface area contributed by atoms with Gasteiger partial charge in [0, 0.05) is 12.7 Å². The number of halogens is 4. The number of anilines is 1. The largest absolute Gasteiger partial charge is 0.417 e. The topological polar surface area (TPSA) is 82.2 Å². The molecule has 0 spiro atoms. The Labute approximate surface area is 210 Å². The number of alkyl halides is 3. The third-order valence-electron chi connectivity index (χ3n) is 6.28. The van der Waals surface area contributed by atoms with Crippen LogP contribution in [-0.4, -0.2) is 31.9 Å². The van der Waals surface area contributed by atoms with Crippen molar-refractivity contribution in [3.05, 3.63) is 77.1 Å². The molecule has 2 heterocycles. The van der Waals surface area contributed by atoms with Gasteiger partial charge in [-0.25, -0.2) is 19.1 Å². The highest BCUT2D eigenvalue weighted by Gasteiger charge is 2.52. The average Bonchev–Trinajstić information content (AvgIpc) is 3.35. The molecule has 0 N–H and O–H groups in total. The summed E-state index contributed by atoms with van der Waals surface area (Å²) in [6, 6.07) is 7.66. The molecule has 37 heavy (non-hydrogen) atoms. The highest BCUT2D eigenvalue weighted by molar-refractivity contribution is 6.23. The van der Waals surface area contributed by atoms with E-state index in [0.29, 0.717) is 16.5 Å². The Balaban J connectivity index is 1.63. The Hall–Kier alpha value is -4.20. The van der Waals surface area contributed by atoms with Crippen molar-refractivity contribution < 1.29 is 27.2 Å². The number of aryl methyl sites for hydroxylation is 1. The summed E-state index contributed by atoms with van der Waals surface area (Å²) < 4.78 is 56.9. The Morgan fingerprint density at radius 2 is 1.84 bits per heavy atom. The molecule has 1 saturated heterocycles. The van der Waals surface area contributed by atoms with Crippen LogP contribution < -0.4 is 4.90 Å². The molecule has 1 aliphatic heterocycles. The molecule has 0 saturated carbocycles. The minimum Gasteiger partial charge on any atom is -0.305 e. The summed E-state index contributed by atoms with van der Waals surface area (Å²) in [5, 5.41) is 9.03. The van der Waals surface area contributed by atoms with Gasteiger partial charge in [-0.2, -0.15) is 18.4 Å². The van der Waals surface area contributed by atoms with E-state index >= 15 is 0 Å². The van der Waals surface area contributed by atoms with Gasteiger partial charge in [0.25, 0.3) is 5.91 Å². The second kappa shape index (κ2) is 9.35. The van der Waals surface area contributed by atoms with Crippen LogP contribution in [0.25, 0.3) is 5.69 Å². The van der Waals surface area contributed by atoms with Gasteiger partial charge in [-0.05, 0) is 56.2 Å². The number of benzene rings is 2. The van der Waals surface area contributed by atoms with Crippen LogP contribution in [0.15, 0.2) is 48.9 Å². The normalized spacial score (nSPS) is 15.4. The van der Waals surface area contributed by atoms with Gasteiger partial charge in [-0.3, -0.25) is 4.79 Å². The van der Waals surface area contributed by atoms with E-state index in [1.807, 2.05) is 6.92 Å². The molecule has 192 valence electrons. The summed E-state index contributed by atoms with van der Waals surface area (Å²) in [6.45, 7) is 4.79. The number of imidazole rings is 1. The van der Waals surface area contributed by atoms with E-state index in [1.165, 1.54) is 43.3 Å². The number of carbonyl (C=O) groups excluding carboxylic acids is 2. The fourth-order valence-corrected chi connectivity index (χ4v) is 4.25. The van der Waals surface area contributed by atoms with Gasteiger partial charge in [-0.15, -0.1) is 0 Å². The SMILES string of the molecule is CCCc1cn(-c2ccc(CN3C(=O)N(c4ccc(C#N)c(C(F)(F)F)c4)C(=O)C3(C)C)cc2F)cn1. The van der Waals surface area contributed by atoms with Crippen LogP contribution in [-0.2, 0) is 23.9 Å². The van der Waals surface area contributed by atoms with Gasteiger partial charge in [0.05, 0.1) is 40.6 Å². The van der Waals surface area contributed by atoms with E-state index in [4.69, 9.17) is 5.26 Å². The number of hydrogen-bond donors (Lipinski definition) is 0. The van der Waals surface area contributed by atoms with Crippen molar-refractivity contribution in [2.75, 3.05) is 4.90 Å². The third kappa shape index (κ3) is 4.67. The highest BCUT2D eigenvalue weighted by atomic mass is 19.4. The first kappa shape index (κ1) is 25.9. The summed E-state index contributed by atoms with van der Waals surface area (Å²) in [6.07, 6.45) is 0.0480. The molecule has 0 bridgehead atoms. The number of rotatable bonds is 6. The molecule has 1 fully saturated rings. The van der Waals surface area contributed by atoms with Crippen LogP contribution in [0.5, 0.6) is 0 Å². The molecule has 11 heteroatoms. The van der Waals surface area contributed by atoms with E-state index in [9.17, 15) is 27.2 Å². The van der Waals surface area contributed by atoms with Crippen molar-refractivity contribution in [3.63, 3.8) is 0 Å². The molecule has 0 aliphatic carbocycles. The smallest absolute Gasteiger partial charge is 0.305 e. The number of aromatic nitrogens is 2. The Morgan fingerprint density at radius 1 is 1.11 bits per heavy atom. The van der Waals surface area contributed by atoms with Crippen molar-refractivity contribution in [1.82, 2.24) is 14.5 Å². The Kier molecular flexibility index (Phi) is 6.54. The van der Waals surface area contributed by atoms with Crippen molar-refractivity contribution in [2.24, 2.45) is 0 Å². The molecule has 3 amide bonds. The predicted octanol–water partition coefficient (Wildman–Crippen LogP) is 5.60. The maximum Gasteiger partial charge on any atom is 0.417 e. The predicted molar refractivity (Wildman–Crippen MR) is 126 cm³/mol. The summed E-state index contributed by atoms with van der Waals surface area (Å²) in [4.78, 5) is 32.5. The van der Waals surface area contributed by atoms with E-state index in [-0.39, 0.29) is 17.9 Å². The second-order valence-corrected chi connectivity index (χ2v) is 9.22. The van der Waals surface area contributed by atoms with E-state index in [0.717, 1.165) is 30.7 Å². The first-order valence-electron chi connectivity index (χ1n) is 11.5. The van der Waals surface area contributed by atoms with Crippen LogP contribution in [0.2, 0.25) is 0 Å². The highest BCUT2D eigenvalue weighted by Crippen LogP contribution is 2.38. The zero-order valence-corrected chi connectivity index (χ0v) is 20.3. The minimum absolute atomic E-state index is 0.154. The van der Waals surface area contributed by atoms with Crippen molar-refractivity contribution in [2.45, 2.75) is 51.9 Å². The second-order valence-electron chi connectivity index (χ2n) is 9.22. The molecule has 0 unspecified atom stereocenters. The van der Waals surface area contributed by atoms with Crippen LogP contribution in [0.4, 0.5) is 28.0 Å². The monoisotopic (exact) mass is 513 g/mol. The maximum absolute atomic E-state index is 15.0. The fourth-order valence-electron chi connectivity index (χ4n) is 4.25. The van der Waals surface area contributed by atoms with Gasteiger partial charge in [0.15, 0.2) is 0 Å². The third-order valence-corrected chi connectivity index (χ3v) is 6.28. The standard InChI is InChI=1S/C26H23F4N5O2/c1-4-5-18-14-33(15-32-18)22-9-6-16(10-21(22)27)13-34-24(37)35(23(36)25(34,2)3)19-8-7-17(12-31)20(11-19)26(28,29)30/h6-11,14-15H,4-5,13H2,1-3H3. The lowest BCUT2D eigenvalue weighted by atomic mass is 10.0. The molecule has 4 rings (SSSR count). The van der Waals surface area contributed by atoms with Crippen molar-refractivity contribution in [3.8, 4) is 11.8 Å². The molecule has 0 atom stereocenters. The number of nitrogens with zero attached hydrogens (tertiary/aromatic N) is 5. The summed E-state index contributed by atoms with van der Waals surface area (Å²) >= 11 is 0. The number of hydrogen-bond acceptors (Lipinski definition) is 4. The first-order valence-corrected chi connectivity index (χ1v) is 11.5. The lowest BCUT2D eigenvalue weighted by Crippen LogP contribution is -2.43. The number of carbonyl (C=O) groups is 2. The molecule has 2 aromatic carbocycles. The molecule has 1 aliphatic rings. The number of urea groups is 1. The minimum atomic E-state index is -4.85. The lowest BCUT2D eigenvalue weighted by Gasteiger charge is -2.27. The van der Waals surface area contributed by atoms with Crippen LogP contribution >= 0.6 is 0 Å². The lowest BCUT2D eigenvalue weighted by molar-refractivity contribution is -0.137.